The quantitative estimate of drug-likeness (QED) is 0.501. The monoisotopic (exact) mass is 323 g/mol. The first-order valence-electron chi connectivity index (χ1n) is 6.46. The third-order valence-electron chi connectivity index (χ3n) is 2.96. The summed E-state index contributed by atoms with van der Waals surface area (Å²) in [4.78, 5) is 12.4. The van der Waals surface area contributed by atoms with E-state index in [4.69, 9.17) is 22.7 Å². The first-order chi connectivity index (χ1) is 10.1. The number of benzene rings is 1. The number of nitrogens with two attached hydrogens (primary N) is 1. The van der Waals surface area contributed by atoms with E-state index in [2.05, 4.69) is 5.43 Å². The average Bonchev–Trinajstić information content (AvgIpc) is 2.90. The number of carbonyl (C=O) groups is 1. The molecule has 3 N–H and O–H groups in total. The van der Waals surface area contributed by atoms with Gasteiger partial charge in [0.1, 0.15) is 0 Å². The molecular weight excluding hydrogens is 306 g/mol. The highest BCUT2D eigenvalue weighted by Gasteiger charge is 2.15. The Hall–Kier alpha value is -1.70. The van der Waals surface area contributed by atoms with Gasteiger partial charge in [-0.05, 0) is 24.7 Å². The van der Waals surface area contributed by atoms with Crippen LogP contribution >= 0.6 is 23.6 Å². The van der Waals surface area contributed by atoms with Crippen LogP contribution in [0.4, 0.5) is 0 Å². The summed E-state index contributed by atoms with van der Waals surface area (Å²) in [6.45, 7) is 1.09. The second kappa shape index (κ2) is 7.35. The number of hydrazine groups is 1. The van der Waals surface area contributed by atoms with Crippen molar-refractivity contribution in [3.8, 4) is 0 Å². The van der Waals surface area contributed by atoms with Gasteiger partial charge in [0.05, 0.1) is 5.56 Å². The molecule has 1 aromatic carbocycles. The van der Waals surface area contributed by atoms with E-state index in [1.54, 1.807) is 7.11 Å². The number of nitrogens with one attached hydrogen (secondary N) is 1. The van der Waals surface area contributed by atoms with Crippen molar-refractivity contribution < 1.29 is 9.53 Å². The maximum Gasteiger partial charge on any atom is 0.271 e. The molecule has 0 aliphatic heterocycles. The molecule has 0 unspecified atom stereocenters. The van der Waals surface area contributed by atoms with Crippen LogP contribution in [-0.2, 0) is 4.74 Å². The van der Waals surface area contributed by atoms with E-state index >= 15 is 0 Å². The smallest absolute Gasteiger partial charge is 0.271 e. The predicted octanol–water partition coefficient (Wildman–Crippen LogP) is 2.13. The van der Waals surface area contributed by atoms with Crippen LogP contribution in [0.25, 0.3) is 10.1 Å². The summed E-state index contributed by atoms with van der Waals surface area (Å²) in [6.07, 6.45) is 0.721. The number of hydrogen-bond donors (Lipinski definition) is 2. The number of thiophene rings is 1. The number of amides is 1. The Kier molecular flexibility index (Phi) is 5.49. The Morgan fingerprint density at radius 3 is 2.95 bits per heavy atom. The van der Waals surface area contributed by atoms with Crippen LogP contribution in [0.1, 0.15) is 16.8 Å². The maximum absolute atomic E-state index is 12.4. The largest absolute Gasteiger partial charge is 0.385 e. The molecule has 21 heavy (non-hydrogen) atoms. The van der Waals surface area contributed by atoms with Crippen molar-refractivity contribution in [2.45, 2.75) is 6.42 Å². The van der Waals surface area contributed by atoms with Crippen molar-refractivity contribution >= 4 is 44.7 Å². The van der Waals surface area contributed by atoms with Gasteiger partial charge in [-0.15, -0.1) is 11.3 Å². The zero-order chi connectivity index (χ0) is 15.2. The highest BCUT2D eigenvalue weighted by atomic mass is 32.1. The molecule has 1 heterocycles. The lowest BCUT2D eigenvalue weighted by Crippen LogP contribution is -2.49. The average molecular weight is 323 g/mol. The molecule has 1 aromatic heterocycles. The fourth-order valence-corrected chi connectivity index (χ4v) is 3.00. The molecule has 0 atom stereocenters. The van der Waals surface area contributed by atoms with Gasteiger partial charge in [0.15, 0.2) is 5.11 Å². The molecule has 0 bridgehead atoms. The van der Waals surface area contributed by atoms with Gasteiger partial charge in [0.25, 0.3) is 5.91 Å². The minimum absolute atomic E-state index is 0.138. The minimum Gasteiger partial charge on any atom is -0.385 e. The topological polar surface area (TPSA) is 67.6 Å². The summed E-state index contributed by atoms with van der Waals surface area (Å²) in [7, 11) is 1.63. The molecule has 112 valence electrons. The van der Waals surface area contributed by atoms with Gasteiger partial charge < -0.3 is 10.5 Å². The standard InChI is InChI=1S/C14H17N3O2S2/c1-19-8-4-7-17(14(15)20)16-13(18)11-9-21-12-6-3-2-5-10(11)12/h2-3,5-6,9H,4,7-8H2,1H3,(H2,15,20)(H,16,18). The van der Waals surface area contributed by atoms with Crippen molar-refractivity contribution in [1.82, 2.24) is 10.4 Å². The number of hydrogen-bond acceptors (Lipinski definition) is 4. The van der Waals surface area contributed by atoms with Crippen LogP contribution in [0, 0.1) is 0 Å². The molecule has 2 aromatic rings. The number of thiocarbonyl (C=S) groups is 1. The Balaban J connectivity index is 2.09. The number of nitrogens with zero attached hydrogens (tertiary/aromatic N) is 1. The third kappa shape index (κ3) is 3.90. The summed E-state index contributed by atoms with van der Waals surface area (Å²) >= 11 is 6.50. The molecule has 7 heteroatoms. The molecule has 0 aliphatic carbocycles. The maximum atomic E-state index is 12.4. The number of rotatable bonds is 5. The molecule has 1 amide bonds. The van der Waals surface area contributed by atoms with Gasteiger partial charge >= 0.3 is 0 Å². The van der Waals surface area contributed by atoms with E-state index in [0.717, 1.165) is 16.5 Å². The van der Waals surface area contributed by atoms with Crippen LogP contribution < -0.4 is 11.2 Å². The Labute approximate surface area is 132 Å². The van der Waals surface area contributed by atoms with Gasteiger partial charge in [0.2, 0.25) is 0 Å². The molecule has 0 aliphatic rings. The molecule has 0 saturated carbocycles. The highest BCUT2D eigenvalue weighted by Crippen LogP contribution is 2.25. The highest BCUT2D eigenvalue weighted by molar-refractivity contribution is 7.80. The molecule has 0 fully saturated rings. The molecular formula is C14H17N3O2S2. The van der Waals surface area contributed by atoms with Crippen LogP contribution in [0.2, 0.25) is 0 Å². The summed E-state index contributed by atoms with van der Waals surface area (Å²) in [5.41, 5.74) is 9.02. The lowest BCUT2D eigenvalue weighted by molar-refractivity contribution is 0.0863. The Morgan fingerprint density at radius 2 is 2.24 bits per heavy atom. The summed E-state index contributed by atoms with van der Waals surface area (Å²) in [5.74, 6) is -0.210. The summed E-state index contributed by atoms with van der Waals surface area (Å²) in [5, 5.41) is 4.38. The molecule has 0 saturated heterocycles. The number of ether oxygens (including phenoxy) is 1. The van der Waals surface area contributed by atoms with Crippen molar-refractivity contribution in [3.05, 3.63) is 35.2 Å². The minimum atomic E-state index is -0.210. The van der Waals surface area contributed by atoms with Crippen LogP contribution in [0.15, 0.2) is 29.6 Å². The zero-order valence-corrected chi connectivity index (χ0v) is 13.3. The first-order valence-corrected chi connectivity index (χ1v) is 7.75. The van der Waals surface area contributed by atoms with Gasteiger partial charge in [-0.3, -0.25) is 15.2 Å². The number of methoxy groups -OCH3 is 1. The van der Waals surface area contributed by atoms with Crippen LogP contribution in [-0.4, -0.2) is 36.3 Å². The van der Waals surface area contributed by atoms with Crippen molar-refractivity contribution in [2.24, 2.45) is 5.73 Å². The normalized spacial score (nSPS) is 10.5. The Morgan fingerprint density at radius 1 is 1.48 bits per heavy atom. The van der Waals surface area contributed by atoms with Crippen LogP contribution in [0.3, 0.4) is 0 Å². The van der Waals surface area contributed by atoms with Crippen LogP contribution in [0.5, 0.6) is 0 Å². The second-order valence-corrected chi connectivity index (χ2v) is 5.75. The van der Waals surface area contributed by atoms with Gasteiger partial charge in [-0.2, -0.15) is 0 Å². The fraction of sp³-hybridized carbons (Fsp3) is 0.286. The lowest BCUT2D eigenvalue weighted by Gasteiger charge is -2.23. The summed E-state index contributed by atoms with van der Waals surface area (Å²) < 4.78 is 6.06. The predicted molar refractivity (Wildman–Crippen MR) is 89.3 cm³/mol. The van der Waals surface area contributed by atoms with E-state index in [-0.39, 0.29) is 11.0 Å². The first kappa shape index (κ1) is 15.7. The van der Waals surface area contributed by atoms with Gasteiger partial charge in [-0.1, -0.05) is 18.2 Å². The van der Waals surface area contributed by atoms with E-state index in [1.807, 2.05) is 29.6 Å². The molecule has 5 nitrogen and oxygen atoms in total. The van der Waals surface area contributed by atoms with E-state index in [0.29, 0.717) is 18.7 Å². The third-order valence-corrected chi connectivity index (χ3v) is 4.14. The van der Waals surface area contributed by atoms with E-state index in [1.165, 1.54) is 16.3 Å². The van der Waals surface area contributed by atoms with Crippen molar-refractivity contribution in [3.63, 3.8) is 0 Å². The SMILES string of the molecule is COCCCN(NC(=O)c1csc2ccccc12)C(N)=S. The van der Waals surface area contributed by atoms with Gasteiger partial charge in [0, 0.05) is 35.7 Å². The van der Waals surface area contributed by atoms with E-state index < -0.39 is 0 Å². The van der Waals surface area contributed by atoms with E-state index in [9.17, 15) is 4.79 Å². The van der Waals surface area contributed by atoms with Crippen molar-refractivity contribution in [2.75, 3.05) is 20.3 Å². The lowest BCUT2D eigenvalue weighted by atomic mass is 10.2. The summed E-state index contributed by atoms with van der Waals surface area (Å²) in [6, 6.07) is 7.78. The fourth-order valence-electron chi connectivity index (χ4n) is 1.92. The zero-order valence-electron chi connectivity index (χ0n) is 11.7. The number of fused-ring (bicyclic) bond motifs is 1. The second-order valence-electron chi connectivity index (χ2n) is 4.42. The van der Waals surface area contributed by atoms with Gasteiger partial charge in [-0.25, -0.2) is 0 Å². The molecule has 0 radical (unpaired) electrons. The molecule has 0 spiro atoms. The van der Waals surface area contributed by atoms with Crippen molar-refractivity contribution in [1.29, 1.82) is 0 Å². The Bertz CT molecular complexity index is 642. The molecule has 2 rings (SSSR count). The number of carbonyl (C=O) groups excluding carboxylic acids is 1.